The molecule has 3 heteroatoms. The zero-order valence-corrected chi connectivity index (χ0v) is 12.8. The average Bonchev–Trinajstić information content (AvgIpc) is 2.43. The van der Waals surface area contributed by atoms with Crippen molar-refractivity contribution < 1.29 is 0 Å². The number of rotatable bonds is 2. The quantitative estimate of drug-likeness (QED) is 0.840. The van der Waals surface area contributed by atoms with Crippen molar-refractivity contribution in [3.05, 3.63) is 29.3 Å². The molecule has 2 fully saturated rings. The normalized spacial score (nSPS) is 28.3. The fraction of sp³-hybridized carbons (Fsp3) is 0.647. The molecule has 1 aromatic carbocycles. The van der Waals surface area contributed by atoms with Crippen LogP contribution in [0.25, 0.3) is 0 Å². The maximum Gasteiger partial charge on any atom is 0.0343 e. The molecule has 3 rings (SSSR count). The summed E-state index contributed by atoms with van der Waals surface area (Å²) in [4.78, 5) is 5.21. The molecule has 2 saturated heterocycles. The molecule has 2 aliphatic heterocycles. The predicted molar refractivity (Wildman–Crippen MR) is 84.6 cm³/mol. The van der Waals surface area contributed by atoms with Gasteiger partial charge in [0.05, 0.1) is 0 Å². The molecule has 1 aromatic rings. The Labute approximate surface area is 122 Å². The van der Waals surface area contributed by atoms with Crippen LogP contribution in [0.15, 0.2) is 18.2 Å². The van der Waals surface area contributed by atoms with Gasteiger partial charge in [0.2, 0.25) is 0 Å². The minimum Gasteiger partial charge on any atom is -0.399 e. The minimum absolute atomic E-state index is 0.827. The van der Waals surface area contributed by atoms with E-state index in [1.54, 1.807) is 0 Å². The van der Waals surface area contributed by atoms with Gasteiger partial charge in [-0.3, -0.25) is 4.90 Å². The lowest BCUT2D eigenvalue weighted by Gasteiger charge is -2.46. The zero-order chi connectivity index (χ0) is 14.1. The molecule has 2 heterocycles. The van der Waals surface area contributed by atoms with Gasteiger partial charge in [-0.05, 0) is 69.4 Å². The van der Waals surface area contributed by atoms with Crippen molar-refractivity contribution in [2.45, 2.75) is 38.8 Å². The van der Waals surface area contributed by atoms with Gasteiger partial charge in [0.25, 0.3) is 0 Å². The maximum absolute atomic E-state index is 5.91. The number of anilines is 1. The number of piperidine rings is 2. The molecule has 0 saturated carbocycles. The topological polar surface area (TPSA) is 32.5 Å². The lowest BCUT2D eigenvalue weighted by atomic mass is 9.84. The van der Waals surface area contributed by atoms with Crippen molar-refractivity contribution in [2.24, 2.45) is 5.92 Å². The fourth-order valence-electron chi connectivity index (χ4n) is 3.97. The molecule has 20 heavy (non-hydrogen) atoms. The number of nitrogens with two attached hydrogens (primary N) is 1. The van der Waals surface area contributed by atoms with Crippen LogP contribution in [0, 0.1) is 12.8 Å². The third-order valence-corrected chi connectivity index (χ3v) is 5.17. The van der Waals surface area contributed by atoms with Crippen LogP contribution in [-0.2, 0) is 6.54 Å². The summed E-state index contributed by atoms with van der Waals surface area (Å²) < 4.78 is 0. The lowest BCUT2D eigenvalue weighted by Crippen LogP contribution is -2.52. The summed E-state index contributed by atoms with van der Waals surface area (Å²) in [7, 11) is 2.30. The van der Waals surface area contributed by atoms with E-state index in [1.165, 1.54) is 50.0 Å². The number of hydrogen-bond acceptors (Lipinski definition) is 3. The standard InChI is InChI=1S/C17H27N3/c1-13-10-14(5-6-16(13)18)11-20-9-7-17-15(12-20)4-3-8-19(17)2/h5-6,10,15,17H,3-4,7-9,11-12,18H2,1-2H3. The highest BCUT2D eigenvalue weighted by molar-refractivity contribution is 5.47. The van der Waals surface area contributed by atoms with Crippen molar-refractivity contribution in [2.75, 3.05) is 32.4 Å². The first-order valence-corrected chi connectivity index (χ1v) is 7.91. The summed E-state index contributed by atoms with van der Waals surface area (Å²) in [5.74, 6) is 0.873. The number of aryl methyl sites for hydroxylation is 1. The molecule has 0 radical (unpaired) electrons. The van der Waals surface area contributed by atoms with E-state index in [4.69, 9.17) is 5.73 Å². The van der Waals surface area contributed by atoms with E-state index in [1.807, 2.05) is 6.07 Å². The Morgan fingerprint density at radius 1 is 1.25 bits per heavy atom. The first kappa shape index (κ1) is 13.9. The van der Waals surface area contributed by atoms with Crippen LogP contribution in [0.3, 0.4) is 0 Å². The zero-order valence-electron chi connectivity index (χ0n) is 12.8. The van der Waals surface area contributed by atoms with E-state index in [-0.39, 0.29) is 0 Å². The van der Waals surface area contributed by atoms with Gasteiger partial charge < -0.3 is 10.6 Å². The van der Waals surface area contributed by atoms with Crippen molar-refractivity contribution in [1.29, 1.82) is 0 Å². The van der Waals surface area contributed by atoms with Crippen LogP contribution in [0.5, 0.6) is 0 Å². The van der Waals surface area contributed by atoms with Gasteiger partial charge in [0, 0.05) is 24.8 Å². The maximum atomic E-state index is 5.91. The number of nitrogen functional groups attached to an aromatic ring is 1. The number of hydrogen-bond donors (Lipinski definition) is 1. The summed E-state index contributed by atoms with van der Waals surface area (Å²) in [6, 6.07) is 7.30. The van der Waals surface area contributed by atoms with Crippen molar-refractivity contribution in [3.63, 3.8) is 0 Å². The second-order valence-corrected chi connectivity index (χ2v) is 6.66. The summed E-state index contributed by atoms with van der Waals surface area (Å²) in [5, 5.41) is 0. The Balaban J connectivity index is 1.63. The molecule has 0 aromatic heterocycles. The smallest absolute Gasteiger partial charge is 0.0343 e. The fourth-order valence-corrected chi connectivity index (χ4v) is 3.97. The largest absolute Gasteiger partial charge is 0.399 e. The third kappa shape index (κ3) is 2.84. The first-order valence-electron chi connectivity index (χ1n) is 7.91. The number of nitrogens with zero attached hydrogens (tertiary/aromatic N) is 2. The van der Waals surface area contributed by atoms with Crippen LogP contribution in [0.1, 0.15) is 30.4 Å². The summed E-state index contributed by atoms with van der Waals surface area (Å²) in [6.45, 7) is 6.96. The summed E-state index contributed by atoms with van der Waals surface area (Å²) >= 11 is 0. The van der Waals surface area contributed by atoms with Crippen molar-refractivity contribution in [1.82, 2.24) is 9.80 Å². The molecule has 0 amide bonds. The van der Waals surface area contributed by atoms with E-state index in [2.05, 4.69) is 35.9 Å². The van der Waals surface area contributed by atoms with Crippen LogP contribution in [0.4, 0.5) is 5.69 Å². The van der Waals surface area contributed by atoms with Gasteiger partial charge in [-0.25, -0.2) is 0 Å². The molecule has 2 N–H and O–H groups in total. The molecular formula is C17H27N3. The van der Waals surface area contributed by atoms with E-state index >= 15 is 0 Å². The molecule has 0 aliphatic carbocycles. The molecule has 3 nitrogen and oxygen atoms in total. The van der Waals surface area contributed by atoms with E-state index < -0.39 is 0 Å². The van der Waals surface area contributed by atoms with Gasteiger partial charge in [-0.15, -0.1) is 0 Å². The Morgan fingerprint density at radius 3 is 2.90 bits per heavy atom. The summed E-state index contributed by atoms with van der Waals surface area (Å²) in [6.07, 6.45) is 4.11. The van der Waals surface area contributed by atoms with Gasteiger partial charge in [0.15, 0.2) is 0 Å². The molecule has 0 spiro atoms. The highest BCUT2D eigenvalue weighted by atomic mass is 15.2. The van der Waals surface area contributed by atoms with Crippen LogP contribution < -0.4 is 5.73 Å². The van der Waals surface area contributed by atoms with Gasteiger partial charge >= 0.3 is 0 Å². The minimum atomic E-state index is 0.827. The summed E-state index contributed by atoms with van der Waals surface area (Å²) in [5.41, 5.74) is 9.42. The Hall–Kier alpha value is -1.06. The second-order valence-electron chi connectivity index (χ2n) is 6.66. The highest BCUT2D eigenvalue weighted by Gasteiger charge is 2.33. The molecule has 110 valence electrons. The van der Waals surface area contributed by atoms with E-state index in [9.17, 15) is 0 Å². The SMILES string of the molecule is Cc1cc(CN2CCC3C(CCCN3C)C2)ccc1N. The first-order chi connectivity index (χ1) is 9.63. The van der Waals surface area contributed by atoms with Crippen molar-refractivity contribution >= 4 is 5.69 Å². The van der Waals surface area contributed by atoms with Gasteiger partial charge in [0.1, 0.15) is 0 Å². The average molecular weight is 273 g/mol. The molecule has 2 aliphatic rings. The van der Waals surface area contributed by atoms with Crippen LogP contribution in [-0.4, -0.2) is 42.5 Å². The Kier molecular flexibility index (Phi) is 3.99. The molecule has 2 unspecified atom stereocenters. The van der Waals surface area contributed by atoms with Gasteiger partial charge in [-0.2, -0.15) is 0 Å². The van der Waals surface area contributed by atoms with Crippen molar-refractivity contribution in [3.8, 4) is 0 Å². The number of likely N-dealkylation sites (tertiary alicyclic amines) is 2. The van der Waals surface area contributed by atoms with E-state index in [0.717, 1.165) is 24.2 Å². The Morgan fingerprint density at radius 2 is 2.10 bits per heavy atom. The monoisotopic (exact) mass is 273 g/mol. The van der Waals surface area contributed by atoms with E-state index in [0.29, 0.717) is 0 Å². The highest BCUT2D eigenvalue weighted by Crippen LogP contribution is 2.30. The number of fused-ring (bicyclic) bond motifs is 1. The lowest BCUT2D eigenvalue weighted by molar-refractivity contribution is 0.0355. The molecular weight excluding hydrogens is 246 g/mol. The molecule has 2 atom stereocenters. The number of benzene rings is 1. The van der Waals surface area contributed by atoms with Crippen LogP contribution >= 0.6 is 0 Å². The second kappa shape index (κ2) is 5.74. The molecule has 0 bridgehead atoms. The Bertz CT molecular complexity index is 471. The predicted octanol–water partition coefficient (Wildman–Crippen LogP) is 2.49. The van der Waals surface area contributed by atoms with Crippen LogP contribution in [0.2, 0.25) is 0 Å². The van der Waals surface area contributed by atoms with Gasteiger partial charge in [-0.1, -0.05) is 12.1 Å². The third-order valence-electron chi connectivity index (χ3n) is 5.17.